The van der Waals surface area contributed by atoms with Gasteiger partial charge in [-0.1, -0.05) is 19.3 Å². The molecule has 6 heteroatoms. The molecule has 136 valence electrons. The molecule has 3 fully saturated rings. The number of carbonyl (C=O) groups excluding carboxylic acids is 2. The van der Waals surface area contributed by atoms with Gasteiger partial charge in [0, 0.05) is 37.1 Å². The largest absolute Gasteiger partial charge is 0.354 e. The average molecular weight is 336 g/mol. The minimum Gasteiger partial charge on any atom is -0.354 e. The van der Waals surface area contributed by atoms with Gasteiger partial charge in [0.2, 0.25) is 5.91 Å². The molecule has 6 nitrogen and oxygen atoms in total. The Bertz CT molecular complexity index is 436. The maximum atomic E-state index is 12.1. The van der Waals surface area contributed by atoms with Crippen molar-refractivity contribution < 1.29 is 9.59 Å². The van der Waals surface area contributed by atoms with Gasteiger partial charge in [0.25, 0.3) is 0 Å². The summed E-state index contributed by atoms with van der Waals surface area (Å²) in [6, 6.07) is 1.42. The van der Waals surface area contributed by atoms with Crippen LogP contribution >= 0.6 is 0 Å². The lowest BCUT2D eigenvalue weighted by Crippen LogP contribution is -2.56. The number of piperidine rings is 2. The zero-order chi connectivity index (χ0) is 16.9. The summed E-state index contributed by atoms with van der Waals surface area (Å²) in [7, 11) is 2.22. The van der Waals surface area contributed by atoms with Crippen LogP contribution in [0.4, 0.5) is 4.79 Å². The molecule has 2 atom stereocenters. The zero-order valence-corrected chi connectivity index (χ0v) is 14.9. The molecule has 3 amide bonds. The van der Waals surface area contributed by atoms with E-state index in [-0.39, 0.29) is 23.9 Å². The first-order valence-electron chi connectivity index (χ1n) is 9.67. The van der Waals surface area contributed by atoms with Gasteiger partial charge in [0.05, 0.1) is 0 Å². The SMILES string of the molecule is CN1[C@H]2CCC[C@H]1CC(NC(=O)NCCNC(=O)C1CCCC1)C2. The molecule has 0 spiro atoms. The first-order chi connectivity index (χ1) is 11.6. The van der Waals surface area contributed by atoms with Crippen molar-refractivity contribution >= 4 is 11.9 Å². The summed E-state index contributed by atoms with van der Waals surface area (Å²) in [6.45, 7) is 1.01. The standard InChI is InChI=1S/C18H32N4O2/c1-22-15-7-4-8-16(22)12-14(11-15)21-18(24)20-10-9-19-17(23)13-5-2-3-6-13/h13-16H,2-12H2,1H3,(H,19,23)(H2,20,21,24)/t15-,16-/m0/s1. The quantitative estimate of drug-likeness (QED) is 0.668. The Morgan fingerprint density at radius 2 is 1.54 bits per heavy atom. The topological polar surface area (TPSA) is 73.5 Å². The lowest BCUT2D eigenvalue weighted by molar-refractivity contribution is -0.124. The van der Waals surface area contributed by atoms with Crippen molar-refractivity contribution in [2.45, 2.75) is 75.9 Å². The fourth-order valence-corrected chi connectivity index (χ4v) is 4.66. The van der Waals surface area contributed by atoms with E-state index in [4.69, 9.17) is 0 Å². The summed E-state index contributed by atoms with van der Waals surface area (Å²) < 4.78 is 0. The van der Waals surface area contributed by atoms with Gasteiger partial charge in [0.1, 0.15) is 0 Å². The second kappa shape index (κ2) is 8.19. The van der Waals surface area contributed by atoms with E-state index in [9.17, 15) is 9.59 Å². The van der Waals surface area contributed by atoms with Gasteiger partial charge in [-0.25, -0.2) is 4.79 Å². The zero-order valence-electron chi connectivity index (χ0n) is 14.9. The Morgan fingerprint density at radius 1 is 0.917 bits per heavy atom. The fraction of sp³-hybridized carbons (Fsp3) is 0.889. The van der Waals surface area contributed by atoms with Crippen LogP contribution in [0.3, 0.4) is 0 Å². The average Bonchev–Trinajstić information content (AvgIpc) is 3.07. The molecule has 0 aromatic heterocycles. The molecule has 1 aliphatic carbocycles. The van der Waals surface area contributed by atoms with E-state index in [1.165, 1.54) is 19.3 Å². The highest BCUT2D eigenvalue weighted by Crippen LogP contribution is 2.32. The number of amides is 3. The number of carbonyl (C=O) groups is 2. The van der Waals surface area contributed by atoms with E-state index in [0.717, 1.165) is 38.5 Å². The number of hydrogen-bond donors (Lipinski definition) is 3. The molecular weight excluding hydrogens is 304 g/mol. The number of nitrogens with zero attached hydrogens (tertiary/aromatic N) is 1. The summed E-state index contributed by atoms with van der Waals surface area (Å²) in [5, 5.41) is 8.93. The van der Waals surface area contributed by atoms with Crippen molar-refractivity contribution in [1.29, 1.82) is 0 Å². The van der Waals surface area contributed by atoms with Gasteiger partial charge in [0.15, 0.2) is 0 Å². The molecule has 2 saturated heterocycles. The molecular formula is C18H32N4O2. The Kier molecular flexibility index (Phi) is 5.98. The Balaban J connectivity index is 1.30. The molecule has 2 heterocycles. The highest BCUT2D eigenvalue weighted by atomic mass is 16.2. The number of rotatable bonds is 5. The Morgan fingerprint density at radius 3 is 2.21 bits per heavy atom. The third-order valence-electron chi connectivity index (χ3n) is 6.11. The minimum absolute atomic E-state index is 0.0993. The van der Waals surface area contributed by atoms with E-state index < -0.39 is 0 Å². The van der Waals surface area contributed by atoms with Crippen LogP contribution in [-0.4, -0.2) is 55.1 Å². The Hall–Kier alpha value is -1.30. The minimum atomic E-state index is -0.0993. The summed E-state index contributed by atoms with van der Waals surface area (Å²) in [5.74, 6) is 0.343. The lowest BCUT2D eigenvalue weighted by atomic mass is 9.82. The van der Waals surface area contributed by atoms with E-state index >= 15 is 0 Å². The monoisotopic (exact) mass is 336 g/mol. The highest BCUT2D eigenvalue weighted by Gasteiger charge is 2.36. The predicted octanol–water partition coefficient (Wildman–Crippen LogP) is 1.61. The van der Waals surface area contributed by atoms with Crippen LogP contribution in [0, 0.1) is 5.92 Å². The van der Waals surface area contributed by atoms with Crippen LogP contribution in [0.5, 0.6) is 0 Å². The van der Waals surface area contributed by atoms with Crippen LogP contribution in [0.1, 0.15) is 57.8 Å². The summed E-state index contributed by atoms with van der Waals surface area (Å²) in [6.07, 6.45) is 10.3. The van der Waals surface area contributed by atoms with Crippen molar-refractivity contribution in [2.24, 2.45) is 5.92 Å². The number of hydrogen-bond acceptors (Lipinski definition) is 3. The van der Waals surface area contributed by atoms with Crippen molar-refractivity contribution in [3.63, 3.8) is 0 Å². The van der Waals surface area contributed by atoms with Gasteiger partial charge in [-0.3, -0.25) is 4.79 Å². The molecule has 2 aliphatic heterocycles. The molecule has 2 bridgehead atoms. The second-order valence-electron chi connectivity index (χ2n) is 7.74. The van der Waals surface area contributed by atoms with Crippen LogP contribution in [-0.2, 0) is 4.79 Å². The van der Waals surface area contributed by atoms with E-state index in [1.807, 2.05) is 0 Å². The summed E-state index contributed by atoms with van der Waals surface area (Å²) in [4.78, 5) is 26.5. The van der Waals surface area contributed by atoms with Gasteiger partial charge < -0.3 is 20.9 Å². The fourth-order valence-electron chi connectivity index (χ4n) is 4.66. The summed E-state index contributed by atoms with van der Waals surface area (Å²) in [5.41, 5.74) is 0. The molecule has 3 aliphatic rings. The number of fused-ring (bicyclic) bond motifs is 2. The molecule has 24 heavy (non-hydrogen) atoms. The molecule has 1 saturated carbocycles. The molecule has 3 rings (SSSR count). The van der Waals surface area contributed by atoms with E-state index in [2.05, 4.69) is 27.9 Å². The van der Waals surface area contributed by atoms with Gasteiger partial charge in [-0.2, -0.15) is 0 Å². The molecule has 3 N–H and O–H groups in total. The first kappa shape index (κ1) is 17.5. The van der Waals surface area contributed by atoms with E-state index in [1.54, 1.807) is 0 Å². The summed E-state index contributed by atoms with van der Waals surface area (Å²) >= 11 is 0. The highest BCUT2D eigenvalue weighted by molar-refractivity contribution is 5.79. The van der Waals surface area contributed by atoms with Crippen LogP contribution < -0.4 is 16.0 Å². The molecule has 0 aromatic rings. The Labute approximate surface area is 145 Å². The normalized spacial score (nSPS) is 30.8. The third-order valence-corrected chi connectivity index (χ3v) is 6.11. The van der Waals surface area contributed by atoms with Gasteiger partial charge >= 0.3 is 6.03 Å². The van der Waals surface area contributed by atoms with Crippen molar-refractivity contribution in [3.05, 3.63) is 0 Å². The van der Waals surface area contributed by atoms with Crippen molar-refractivity contribution in [1.82, 2.24) is 20.9 Å². The number of nitrogens with one attached hydrogen (secondary N) is 3. The van der Waals surface area contributed by atoms with Crippen molar-refractivity contribution in [3.8, 4) is 0 Å². The van der Waals surface area contributed by atoms with Gasteiger partial charge in [-0.05, 0) is 45.6 Å². The third kappa shape index (κ3) is 4.41. The van der Waals surface area contributed by atoms with E-state index in [0.29, 0.717) is 25.2 Å². The first-order valence-corrected chi connectivity index (χ1v) is 9.67. The molecule has 0 aromatic carbocycles. The smallest absolute Gasteiger partial charge is 0.315 e. The van der Waals surface area contributed by atoms with Crippen LogP contribution in [0.2, 0.25) is 0 Å². The van der Waals surface area contributed by atoms with Gasteiger partial charge in [-0.15, -0.1) is 0 Å². The molecule has 0 unspecified atom stereocenters. The second-order valence-corrected chi connectivity index (χ2v) is 7.74. The molecule has 0 radical (unpaired) electrons. The van der Waals surface area contributed by atoms with Crippen LogP contribution in [0.25, 0.3) is 0 Å². The lowest BCUT2D eigenvalue weighted by Gasteiger charge is -2.47. The van der Waals surface area contributed by atoms with Crippen molar-refractivity contribution in [2.75, 3.05) is 20.1 Å². The predicted molar refractivity (Wildman–Crippen MR) is 93.7 cm³/mol. The van der Waals surface area contributed by atoms with Crippen LogP contribution in [0.15, 0.2) is 0 Å². The number of urea groups is 1. The maximum absolute atomic E-state index is 12.1. The maximum Gasteiger partial charge on any atom is 0.315 e.